The molecule has 0 saturated carbocycles. The number of Topliss-reactive ketones (excluding diaryl/α,β-unsaturated/α-hetero) is 1. The third-order valence-corrected chi connectivity index (χ3v) is 5.44. The third kappa shape index (κ3) is 7.56. The van der Waals surface area contributed by atoms with E-state index in [1.165, 1.54) is 22.8 Å². The number of benzene rings is 1. The Bertz CT molecular complexity index is 809. The molecule has 1 atom stereocenters. The largest absolute Gasteiger partial charge is 0.508 e. The molecule has 2 rings (SSSR count). The molecule has 3 nitrogen and oxygen atoms in total. The van der Waals surface area contributed by atoms with Crippen LogP contribution in [0, 0.1) is 0 Å². The van der Waals surface area contributed by atoms with Gasteiger partial charge < -0.3 is 9.84 Å². The first-order valence-electron chi connectivity index (χ1n) is 10.7. The molecule has 0 radical (unpaired) electrons. The molecule has 0 spiro atoms. The van der Waals surface area contributed by atoms with Gasteiger partial charge in [-0.2, -0.15) is 0 Å². The zero-order valence-electron chi connectivity index (χ0n) is 18.7. The SMILES string of the molecule is CC(C)=CCC/C(C)=C/CC/C(C)=C/CCC1(C)CC(=O)c2cc(O)ccc2O1. The summed E-state index contributed by atoms with van der Waals surface area (Å²) in [4.78, 5) is 12.5. The van der Waals surface area contributed by atoms with Crippen molar-refractivity contribution in [2.45, 2.75) is 85.2 Å². The number of ether oxygens (including phenoxy) is 1. The van der Waals surface area contributed by atoms with Crippen LogP contribution in [0.3, 0.4) is 0 Å². The summed E-state index contributed by atoms with van der Waals surface area (Å²) in [6.07, 6.45) is 13.4. The molecular formula is C26H36O3. The van der Waals surface area contributed by atoms with E-state index in [-0.39, 0.29) is 11.5 Å². The van der Waals surface area contributed by atoms with Gasteiger partial charge in [0, 0.05) is 0 Å². The average Bonchev–Trinajstić information content (AvgIpc) is 2.62. The maximum Gasteiger partial charge on any atom is 0.170 e. The van der Waals surface area contributed by atoms with E-state index in [0.717, 1.165) is 38.5 Å². The van der Waals surface area contributed by atoms with Gasteiger partial charge in [-0.15, -0.1) is 0 Å². The molecular weight excluding hydrogens is 360 g/mol. The van der Waals surface area contributed by atoms with Gasteiger partial charge in [0.15, 0.2) is 5.78 Å². The Labute approximate surface area is 176 Å². The van der Waals surface area contributed by atoms with Crippen LogP contribution in [0.1, 0.15) is 89.9 Å². The van der Waals surface area contributed by atoms with Crippen LogP contribution in [0.4, 0.5) is 0 Å². The molecule has 158 valence electrons. The number of hydrogen-bond acceptors (Lipinski definition) is 3. The van der Waals surface area contributed by atoms with Crippen molar-refractivity contribution in [3.8, 4) is 11.5 Å². The standard InChI is InChI=1S/C26H36O3/c1-19(2)9-6-10-20(3)11-7-12-21(4)13-8-16-26(5)18-24(28)23-17-22(27)14-15-25(23)29-26/h9,11,13-15,17,27H,6-8,10,12,16,18H2,1-5H3/b20-11+,21-13+. The van der Waals surface area contributed by atoms with E-state index in [1.807, 2.05) is 6.92 Å². The van der Waals surface area contributed by atoms with Crippen LogP contribution >= 0.6 is 0 Å². The van der Waals surface area contributed by atoms with Gasteiger partial charge in [-0.3, -0.25) is 4.79 Å². The molecule has 0 aromatic heterocycles. The predicted octanol–water partition coefficient (Wildman–Crippen LogP) is 7.32. The molecule has 0 fully saturated rings. The van der Waals surface area contributed by atoms with Gasteiger partial charge >= 0.3 is 0 Å². The number of rotatable bonds is 9. The first-order valence-corrected chi connectivity index (χ1v) is 10.7. The van der Waals surface area contributed by atoms with Crippen molar-refractivity contribution in [3.63, 3.8) is 0 Å². The summed E-state index contributed by atoms with van der Waals surface area (Å²) in [5.41, 5.74) is 4.23. The van der Waals surface area contributed by atoms with Crippen molar-refractivity contribution >= 4 is 5.78 Å². The molecule has 1 heterocycles. The smallest absolute Gasteiger partial charge is 0.170 e. The monoisotopic (exact) mass is 396 g/mol. The van der Waals surface area contributed by atoms with Gasteiger partial charge in [0.1, 0.15) is 17.1 Å². The first kappa shape index (κ1) is 23.0. The minimum Gasteiger partial charge on any atom is -0.508 e. The molecule has 1 unspecified atom stereocenters. The number of carbonyl (C=O) groups is 1. The highest BCUT2D eigenvalue weighted by molar-refractivity contribution is 6.00. The van der Waals surface area contributed by atoms with E-state index in [9.17, 15) is 9.90 Å². The Hall–Kier alpha value is -2.29. The van der Waals surface area contributed by atoms with Crippen LogP contribution in [-0.2, 0) is 0 Å². The van der Waals surface area contributed by atoms with Crippen LogP contribution in [0.2, 0.25) is 0 Å². The number of fused-ring (bicyclic) bond motifs is 1. The lowest BCUT2D eigenvalue weighted by molar-refractivity contribution is 0.0474. The van der Waals surface area contributed by atoms with E-state index < -0.39 is 5.60 Å². The van der Waals surface area contributed by atoms with Crippen molar-refractivity contribution in [1.82, 2.24) is 0 Å². The second-order valence-corrected chi connectivity index (χ2v) is 8.83. The summed E-state index contributed by atoms with van der Waals surface area (Å²) >= 11 is 0. The van der Waals surface area contributed by atoms with Crippen LogP contribution in [0.15, 0.2) is 53.1 Å². The Morgan fingerprint density at radius 3 is 2.31 bits per heavy atom. The Morgan fingerprint density at radius 1 is 1.03 bits per heavy atom. The first-order chi connectivity index (χ1) is 13.7. The number of aromatic hydroxyl groups is 1. The zero-order chi connectivity index (χ0) is 21.4. The zero-order valence-corrected chi connectivity index (χ0v) is 18.7. The summed E-state index contributed by atoms with van der Waals surface area (Å²) in [6.45, 7) is 10.7. The lowest BCUT2D eigenvalue weighted by Gasteiger charge is -2.34. The van der Waals surface area contributed by atoms with Crippen molar-refractivity contribution in [3.05, 3.63) is 58.7 Å². The van der Waals surface area contributed by atoms with Gasteiger partial charge in [-0.05, 0) is 91.3 Å². The van der Waals surface area contributed by atoms with Crippen LogP contribution in [-0.4, -0.2) is 16.5 Å². The lowest BCUT2D eigenvalue weighted by atomic mass is 9.87. The molecule has 1 N–H and O–H groups in total. The van der Waals surface area contributed by atoms with Gasteiger partial charge in [-0.1, -0.05) is 34.9 Å². The van der Waals surface area contributed by atoms with E-state index in [1.54, 1.807) is 12.1 Å². The molecule has 29 heavy (non-hydrogen) atoms. The second-order valence-electron chi connectivity index (χ2n) is 8.83. The minimum absolute atomic E-state index is 0.0408. The quantitative estimate of drug-likeness (QED) is 0.445. The number of carbonyl (C=O) groups excluding carboxylic acids is 1. The highest BCUT2D eigenvalue weighted by atomic mass is 16.5. The maximum absolute atomic E-state index is 12.5. The molecule has 3 heteroatoms. The van der Waals surface area contributed by atoms with E-state index in [2.05, 4.69) is 45.9 Å². The second kappa shape index (κ2) is 10.5. The van der Waals surface area contributed by atoms with Gasteiger partial charge in [0.2, 0.25) is 0 Å². The summed E-state index contributed by atoms with van der Waals surface area (Å²) < 4.78 is 6.12. The minimum atomic E-state index is -0.487. The molecule has 0 aliphatic carbocycles. The Morgan fingerprint density at radius 2 is 1.66 bits per heavy atom. The molecule has 1 aromatic carbocycles. The van der Waals surface area contributed by atoms with Crippen molar-refractivity contribution < 1.29 is 14.6 Å². The highest BCUT2D eigenvalue weighted by Crippen LogP contribution is 2.37. The number of hydrogen-bond donors (Lipinski definition) is 1. The molecule has 1 aromatic rings. The van der Waals surface area contributed by atoms with Crippen molar-refractivity contribution in [1.29, 1.82) is 0 Å². The fourth-order valence-corrected chi connectivity index (χ4v) is 3.66. The number of phenolic OH excluding ortho intramolecular Hbond substituents is 1. The van der Waals surface area contributed by atoms with Crippen LogP contribution in [0.5, 0.6) is 11.5 Å². The fourth-order valence-electron chi connectivity index (χ4n) is 3.66. The maximum atomic E-state index is 12.5. The topological polar surface area (TPSA) is 46.5 Å². The molecule has 0 bridgehead atoms. The summed E-state index contributed by atoms with van der Waals surface area (Å²) in [5, 5.41) is 9.59. The molecule has 1 aliphatic heterocycles. The predicted molar refractivity (Wildman–Crippen MR) is 121 cm³/mol. The van der Waals surface area contributed by atoms with Crippen LogP contribution in [0.25, 0.3) is 0 Å². The number of ketones is 1. The Balaban J connectivity index is 1.80. The number of phenols is 1. The fraction of sp³-hybridized carbons (Fsp3) is 0.500. The van der Waals surface area contributed by atoms with E-state index >= 15 is 0 Å². The summed E-state index contributed by atoms with van der Waals surface area (Å²) in [6, 6.07) is 4.75. The highest BCUT2D eigenvalue weighted by Gasteiger charge is 2.36. The van der Waals surface area contributed by atoms with Gasteiger partial charge in [0.05, 0.1) is 12.0 Å². The average molecular weight is 397 g/mol. The summed E-state index contributed by atoms with van der Waals surface area (Å²) in [7, 11) is 0. The van der Waals surface area contributed by atoms with Crippen molar-refractivity contribution in [2.24, 2.45) is 0 Å². The molecule has 0 amide bonds. The molecule has 0 saturated heterocycles. The van der Waals surface area contributed by atoms with Gasteiger partial charge in [0.25, 0.3) is 0 Å². The van der Waals surface area contributed by atoms with Crippen molar-refractivity contribution in [2.75, 3.05) is 0 Å². The Kier molecular flexibility index (Phi) is 8.31. The van der Waals surface area contributed by atoms with Gasteiger partial charge in [-0.25, -0.2) is 0 Å². The van der Waals surface area contributed by atoms with E-state index in [4.69, 9.17) is 4.74 Å². The summed E-state index contributed by atoms with van der Waals surface area (Å²) in [5.74, 6) is 0.721. The number of allylic oxidation sites excluding steroid dienone is 6. The molecule has 1 aliphatic rings. The van der Waals surface area contributed by atoms with E-state index in [0.29, 0.717) is 17.7 Å². The lowest BCUT2D eigenvalue weighted by Crippen LogP contribution is -2.39. The normalized spacial score (nSPS) is 19.6. The van der Waals surface area contributed by atoms with Crippen LogP contribution < -0.4 is 4.74 Å². The third-order valence-electron chi connectivity index (χ3n) is 5.44.